The van der Waals surface area contributed by atoms with Gasteiger partial charge in [-0.15, -0.1) is 0 Å². The zero-order valence-electron chi connectivity index (χ0n) is 7.63. The molecule has 6 nitrogen and oxygen atoms in total. The molecule has 0 bridgehead atoms. The van der Waals surface area contributed by atoms with E-state index in [1.165, 1.54) is 4.68 Å². The Hall–Kier alpha value is -1.40. The number of aliphatic carboxylic acids is 1. The van der Waals surface area contributed by atoms with Gasteiger partial charge >= 0.3 is 5.97 Å². The third-order valence-electron chi connectivity index (χ3n) is 1.73. The number of carbonyl (C=O) groups is 1. The zero-order chi connectivity index (χ0) is 10.4. The maximum absolute atomic E-state index is 10.7. The van der Waals surface area contributed by atoms with Crippen LogP contribution >= 0.6 is 0 Å². The normalized spacial score (nSPS) is 12.6. The van der Waals surface area contributed by atoms with Crippen molar-refractivity contribution in [3.05, 3.63) is 18.5 Å². The van der Waals surface area contributed by atoms with E-state index in [4.69, 9.17) is 10.2 Å². The fraction of sp³-hybridized carbons (Fsp3) is 0.500. The van der Waals surface area contributed by atoms with Gasteiger partial charge in [0, 0.05) is 18.9 Å². The summed E-state index contributed by atoms with van der Waals surface area (Å²) in [6.45, 7) is 0.434. The summed E-state index contributed by atoms with van der Waals surface area (Å²) in [5, 5.41) is 24.0. The molecule has 0 spiro atoms. The second-order valence-corrected chi connectivity index (χ2v) is 2.80. The Morgan fingerprint density at radius 1 is 1.64 bits per heavy atom. The summed E-state index contributed by atoms with van der Waals surface area (Å²) in [5.74, 6) is -0.950. The van der Waals surface area contributed by atoms with Gasteiger partial charge in [0.05, 0.1) is 13.2 Å². The summed E-state index contributed by atoms with van der Waals surface area (Å²) in [6.07, 6.45) is 3.28. The molecule has 0 aliphatic heterocycles. The third kappa shape index (κ3) is 3.15. The molecule has 1 atom stereocenters. The molecule has 1 aromatic heterocycles. The van der Waals surface area contributed by atoms with E-state index in [0.717, 1.165) is 0 Å². The molecule has 1 aromatic rings. The van der Waals surface area contributed by atoms with Crippen LogP contribution in [0.15, 0.2) is 18.5 Å². The SMILES string of the molecule is O=C(O)C(Cn1cccn1)NCCO. The van der Waals surface area contributed by atoms with Crippen LogP contribution in [0.2, 0.25) is 0 Å². The molecule has 0 saturated heterocycles. The average molecular weight is 199 g/mol. The number of nitrogens with one attached hydrogen (secondary N) is 1. The number of hydrogen-bond donors (Lipinski definition) is 3. The smallest absolute Gasteiger partial charge is 0.322 e. The van der Waals surface area contributed by atoms with Gasteiger partial charge in [0.2, 0.25) is 0 Å². The van der Waals surface area contributed by atoms with Crippen LogP contribution in [0.5, 0.6) is 0 Å². The first-order chi connectivity index (χ1) is 6.74. The highest BCUT2D eigenvalue weighted by atomic mass is 16.4. The van der Waals surface area contributed by atoms with Crippen molar-refractivity contribution >= 4 is 5.97 Å². The summed E-state index contributed by atoms with van der Waals surface area (Å²) >= 11 is 0. The van der Waals surface area contributed by atoms with Gasteiger partial charge in [0.15, 0.2) is 0 Å². The number of carboxylic acids is 1. The van der Waals surface area contributed by atoms with E-state index in [9.17, 15) is 4.79 Å². The van der Waals surface area contributed by atoms with E-state index in [2.05, 4.69) is 10.4 Å². The lowest BCUT2D eigenvalue weighted by molar-refractivity contribution is -0.139. The molecule has 3 N–H and O–H groups in total. The Morgan fingerprint density at radius 2 is 2.43 bits per heavy atom. The maximum Gasteiger partial charge on any atom is 0.322 e. The summed E-state index contributed by atoms with van der Waals surface area (Å²) in [4.78, 5) is 10.7. The maximum atomic E-state index is 10.7. The number of aromatic nitrogens is 2. The molecule has 6 heteroatoms. The van der Waals surface area contributed by atoms with Crippen LogP contribution < -0.4 is 5.32 Å². The van der Waals surface area contributed by atoms with Crippen molar-refractivity contribution in [2.24, 2.45) is 0 Å². The highest BCUT2D eigenvalue weighted by molar-refractivity contribution is 5.73. The van der Waals surface area contributed by atoms with Gasteiger partial charge in [-0.1, -0.05) is 0 Å². The summed E-state index contributed by atoms with van der Waals surface area (Å²) in [7, 11) is 0. The third-order valence-corrected chi connectivity index (χ3v) is 1.73. The molecule has 1 rings (SSSR count). The van der Waals surface area contributed by atoms with Crippen molar-refractivity contribution in [2.75, 3.05) is 13.2 Å². The Balaban J connectivity index is 2.47. The predicted molar refractivity (Wildman–Crippen MR) is 48.7 cm³/mol. The molecule has 0 fully saturated rings. The molecule has 1 unspecified atom stereocenters. The number of aliphatic hydroxyl groups is 1. The second-order valence-electron chi connectivity index (χ2n) is 2.80. The molecule has 78 valence electrons. The van der Waals surface area contributed by atoms with Crippen LogP contribution in [0.1, 0.15) is 0 Å². The van der Waals surface area contributed by atoms with Crippen LogP contribution in [0, 0.1) is 0 Å². The predicted octanol–water partition coefficient (Wildman–Crippen LogP) is -1.08. The monoisotopic (exact) mass is 199 g/mol. The first-order valence-electron chi connectivity index (χ1n) is 4.28. The standard InChI is InChI=1S/C8H13N3O3/c12-5-3-9-7(8(13)14)6-11-4-1-2-10-11/h1-2,4,7,9,12H,3,5-6H2,(H,13,14). The number of rotatable bonds is 6. The molecule has 0 aromatic carbocycles. The van der Waals surface area contributed by atoms with Gasteiger partial charge in [-0.2, -0.15) is 5.10 Å². The first kappa shape index (κ1) is 10.7. The number of aliphatic hydroxyl groups excluding tert-OH is 1. The molecule has 0 saturated carbocycles. The van der Waals surface area contributed by atoms with Crippen LogP contribution in [0.3, 0.4) is 0 Å². The minimum absolute atomic E-state index is 0.0805. The number of carboxylic acid groups (broad SMARTS) is 1. The average Bonchev–Trinajstić information content (AvgIpc) is 2.64. The van der Waals surface area contributed by atoms with E-state index in [1.807, 2.05) is 0 Å². The lowest BCUT2D eigenvalue weighted by Crippen LogP contribution is -2.41. The Kier molecular flexibility index (Phi) is 4.09. The van der Waals surface area contributed by atoms with Crippen molar-refractivity contribution in [3.63, 3.8) is 0 Å². The summed E-state index contributed by atoms with van der Waals surface area (Å²) in [5.41, 5.74) is 0. The van der Waals surface area contributed by atoms with Gasteiger partial charge in [-0.25, -0.2) is 0 Å². The van der Waals surface area contributed by atoms with Crippen molar-refractivity contribution in [1.82, 2.24) is 15.1 Å². The van der Waals surface area contributed by atoms with Crippen molar-refractivity contribution < 1.29 is 15.0 Å². The van der Waals surface area contributed by atoms with E-state index < -0.39 is 12.0 Å². The van der Waals surface area contributed by atoms with E-state index in [-0.39, 0.29) is 19.7 Å². The molecule has 14 heavy (non-hydrogen) atoms. The van der Waals surface area contributed by atoms with E-state index in [0.29, 0.717) is 0 Å². The molecule has 0 aliphatic carbocycles. The lowest BCUT2D eigenvalue weighted by atomic mass is 10.3. The molecular weight excluding hydrogens is 186 g/mol. The van der Waals surface area contributed by atoms with E-state index >= 15 is 0 Å². The Morgan fingerprint density at radius 3 is 2.93 bits per heavy atom. The van der Waals surface area contributed by atoms with Crippen LogP contribution in [0.4, 0.5) is 0 Å². The number of nitrogens with zero attached hydrogens (tertiary/aromatic N) is 2. The van der Waals surface area contributed by atoms with Gasteiger partial charge in [-0.05, 0) is 6.07 Å². The zero-order valence-corrected chi connectivity index (χ0v) is 7.63. The molecule has 0 radical (unpaired) electrons. The van der Waals surface area contributed by atoms with Gasteiger partial charge in [0.25, 0.3) is 0 Å². The van der Waals surface area contributed by atoms with E-state index in [1.54, 1.807) is 18.5 Å². The highest BCUT2D eigenvalue weighted by Gasteiger charge is 2.16. The van der Waals surface area contributed by atoms with Crippen molar-refractivity contribution in [3.8, 4) is 0 Å². The topological polar surface area (TPSA) is 87.4 Å². The molecule has 0 aliphatic rings. The Bertz CT molecular complexity index is 273. The number of hydrogen-bond acceptors (Lipinski definition) is 4. The highest BCUT2D eigenvalue weighted by Crippen LogP contribution is 1.91. The van der Waals surface area contributed by atoms with Gasteiger partial charge < -0.3 is 15.5 Å². The van der Waals surface area contributed by atoms with Crippen molar-refractivity contribution in [1.29, 1.82) is 0 Å². The fourth-order valence-electron chi connectivity index (χ4n) is 1.06. The quantitative estimate of drug-likeness (QED) is 0.542. The summed E-state index contributed by atoms with van der Waals surface area (Å²) < 4.78 is 1.53. The van der Waals surface area contributed by atoms with Crippen LogP contribution in [-0.4, -0.2) is 45.2 Å². The van der Waals surface area contributed by atoms with Crippen LogP contribution in [-0.2, 0) is 11.3 Å². The minimum atomic E-state index is -0.950. The largest absolute Gasteiger partial charge is 0.480 e. The van der Waals surface area contributed by atoms with Gasteiger partial charge in [0.1, 0.15) is 6.04 Å². The van der Waals surface area contributed by atoms with Gasteiger partial charge in [-0.3, -0.25) is 9.48 Å². The minimum Gasteiger partial charge on any atom is -0.480 e. The van der Waals surface area contributed by atoms with Crippen LogP contribution in [0.25, 0.3) is 0 Å². The Labute approximate surface area is 81.2 Å². The summed E-state index contributed by atoms with van der Waals surface area (Å²) in [6, 6.07) is 1.01. The van der Waals surface area contributed by atoms with Crippen molar-refractivity contribution in [2.45, 2.75) is 12.6 Å². The lowest BCUT2D eigenvalue weighted by Gasteiger charge is -2.13. The molecule has 1 heterocycles. The molecule has 0 amide bonds. The first-order valence-corrected chi connectivity index (χ1v) is 4.28. The molecular formula is C8H13N3O3. The second kappa shape index (κ2) is 5.36. The fourth-order valence-corrected chi connectivity index (χ4v) is 1.06.